The topological polar surface area (TPSA) is 87.3 Å². The Balaban J connectivity index is 0.00000119. The van der Waals surface area contributed by atoms with Gasteiger partial charge in [-0.1, -0.05) is 75.2 Å². The second-order valence-electron chi connectivity index (χ2n) is 7.72. The number of amides is 1. The van der Waals surface area contributed by atoms with Gasteiger partial charge >= 0.3 is 0 Å². The van der Waals surface area contributed by atoms with Crippen LogP contribution in [0.25, 0.3) is 22.0 Å². The van der Waals surface area contributed by atoms with Gasteiger partial charge in [-0.2, -0.15) is 0 Å². The molecule has 2 aromatic carbocycles. The predicted molar refractivity (Wildman–Crippen MR) is 154 cm³/mol. The van der Waals surface area contributed by atoms with Crippen LogP contribution in [0.3, 0.4) is 0 Å². The molecule has 0 bridgehead atoms. The number of ether oxygens (including phenoxy) is 1. The minimum Gasteiger partial charge on any atom is -0.471 e. The highest BCUT2D eigenvalue weighted by Gasteiger charge is 2.22. The van der Waals surface area contributed by atoms with Gasteiger partial charge < -0.3 is 19.9 Å². The lowest BCUT2D eigenvalue weighted by molar-refractivity contribution is -0.132. The maximum absolute atomic E-state index is 12.4. The van der Waals surface area contributed by atoms with E-state index in [4.69, 9.17) is 4.79 Å². The number of nitrogens with one attached hydrogen (secondary N) is 2. The fraction of sp³-hybridized carbons (Fsp3) is 0.464. The number of likely N-dealkylation sites (N-methyl/N-ethyl adjacent to an activating group) is 1. The Morgan fingerprint density at radius 3 is 2.31 bits per heavy atom. The molecule has 1 heterocycles. The zero-order valence-corrected chi connectivity index (χ0v) is 24.6. The van der Waals surface area contributed by atoms with Crippen LogP contribution in [0.2, 0.25) is 0 Å². The number of halogens is 1. The van der Waals surface area contributed by atoms with Crippen LogP contribution >= 0.6 is 15.9 Å². The van der Waals surface area contributed by atoms with Crippen LogP contribution in [0.15, 0.2) is 47.1 Å². The molecule has 0 spiro atoms. The third-order valence-corrected chi connectivity index (χ3v) is 5.27. The summed E-state index contributed by atoms with van der Waals surface area (Å²) < 4.78 is 4.93. The molecule has 0 fully saturated rings. The van der Waals surface area contributed by atoms with Crippen LogP contribution in [0.4, 0.5) is 0 Å². The minimum absolute atomic E-state index is 0.0843. The van der Waals surface area contributed by atoms with Crippen molar-refractivity contribution in [3.05, 3.63) is 52.9 Å². The van der Waals surface area contributed by atoms with Crippen molar-refractivity contribution < 1.29 is 14.3 Å². The van der Waals surface area contributed by atoms with E-state index in [9.17, 15) is 4.79 Å². The summed E-state index contributed by atoms with van der Waals surface area (Å²) in [6, 6.07) is 12.5. The molecule has 200 valence electrons. The summed E-state index contributed by atoms with van der Waals surface area (Å²) in [5.41, 5.74) is 2.04. The lowest BCUT2D eigenvalue weighted by atomic mass is 10.1. The largest absolute Gasteiger partial charge is 0.471 e. The summed E-state index contributed by atoms with van der Waals surface area (Å²) in [5, 5.41) is 5.31. The van der Waals surface area contributed by atoms with Crippen LogP contribution in [0.1, 0.15) is 66.3 Å². The van der Waals surface area contributed by atoms with Crippen molar-refractivity contribution in [1.29, 1.82) is 0 Å². The summed E-state index contributed by atoms with van der Waals surface area (Å²) >= 11 is 3.51. The first-order valence-corrected chi connectivity index (χ1v) is 13.3. The SMILES string of the molecule is CC.CCC.CCCN(C(=O)CNC)C(C)c1ncc(-c2ccc3cc(Br)ccc3c2)[nH]1.COC=O. The molecular weight excluding hydrogens is 520 g/mol. The van der Waals surface area contributed by atoms with Crippen LogP contribution in [-0.4, -0.2) is 54.5 Å². The number of fused-ring (bicyclic) bond motifs is 1. The molecular formula is C28H43BrN4O3. The van der Waals surface area contributed by atoms with Gasteiger partial charge in [0, 0.05) is 16.6 Å². The van der Waals surface area contributed by atoms with Crippen LogP contribution < -0.4 is 5.32 Å². The van der Waals surface area contributed by atoms with E-state index in [1.165, 1.54) is 24.3 Å². The highest BCUT2D eigenvalue weighted by atomic mass is 79.9. The van der Waals surface area contributed by atoms with Gasteiger partial charge in [0.05, 0.1) is 31.6 Å². The minimum atomic E-state index is -0.101. The number of benzene rings is 2. The zero-order chi connectivity index (χ0) is 27.5. The molecule has 2 N–H and O–H groups in total. The van der Waals surface area contributed by atoms with E-state index in [2.05, 4.69) is 87.1 Å². The number of aromatic nitrogens is 2. The van der Waals surface area contributed by atoms with Crippen molar-refractivity contribution in [3.63, 3.8) is 0 Å². The smallest absolute Gasteiger partial charge is 0.292 e. The summed E-state index contributed by atoms with van der Waals surface area (Å²) in [5.74, 6) is 0.889. The Bertz CT molecular complexity index is 1020. The summed E-state index contributed by atoms with van der Waals surface area (Å²) in [4.78, 5) is 31.2. The lowest BCUT2D eigenvalue weighted by Crippen LogP contribution is -2.39. The van der Waals surface area contributed by atoms with E-state index in [0.29, 0.717) is 19.6 Å². The fourth-order valence-corrected chi connectivity index (χ4v) is 3.63. The zero-order valence-electron chi connectivity index (χ0n) is 23.0. The number of methoxy groups -OCH3 is 1. The number of H-pyrrole nitrogens is 1. The highest BCUT2D eigenvalue weighted by Crippen LogP contribution is 2.27. The highest BCUT2D eigenvalue weighted by molar-refractivity contribution is 9.10. The molecule has 0 saturated heterocycles. The summed E-state index contributed by atoms with van der Waals surface area (Å²) in [7, 11) is 3.10. The predicted octanol–water partition coefficient (Wildman–Crippen LogP) is 6.74. The van der Waals surface area contributed by atoms with Gasteiger partial charge in [-0.05, 0) is 49.4 Å². The van der Waals surface area contributed by atoms with Gasteiger partial charge in [0.25, 0.3) is 6.47 Å². The molecule has 1 unspecified atom stereocenters. The monoisotopic (exact) mass is 562 g/mol. The molecule has 8 heteroatoms. The molecule has 1 atom stereocenters. The number of hydrogen-bond acceptors (Lipinski definition) is 5. The summed E-state index contributed by atoms with van der Waals surface area (Å²) in [6.45, 7) is 13.8. The third-order valence-electron chi connectivity index (χ3n) is 4.78. The molecule has 3 rings (SSSR count). The quantitative estimate of drug-likeness (QED) is 0.296. The van der Waals surface area contributed by atoms with Crippen molar-refractivity contribution in [2.75, 3.05) is 27.2 Å². The van der Waals surface area contributed by atoms with Gasteiger partial charge in [-0.15, -0.1) is 0 Å². The van der Waals surface area contributed by atoms with E-state index >= 15 is 0 Å². The number of imidazole rings is 1. The molecule has 0 aliphatic rings. The van der Waals surface area contributed by atoms with Crippen LogP contribution in [0.5, 0.6) is 0 Å². The number of carbonyl (C=O) groups is 2. The van der Waals surface area contributed by atoms with Crippen LogP contribution in [0, 0.1) is 0 Å². The van der Waals surface area contributed by atoms with Gasteiger partial charge in [-0.25, -0.2) is 4.98 Å². The second-order valence-corrected chi connectivity index (χ2v) is 8.64. The molecule has 36 heavy (non-hydrogen) atoms. The van der Waals surface area contributed by atoms with E-state index in [0.717, 1.165) is 28.0 Å². The Labute approximate surface area is 225 Å². The Kier molecular flexibility index (Phi) is 18.0. The first-order valence-electron chi connectivity index (χ1n) is 12.5. The molecule has 0 saturated carbocycles. The lowest BCUT2D eigenvalue weighted by Gasteiger charge is -2.27. The van der Waals surface area contributed by atoms with Crippen molar-refractivity contribution in [2.45, 2.75) is 60.4 Å². The second kappa shape index (κ2) is 19.5. The normalized spacial score (nSPS) is 10.5. The molecule has 1 amide bonds. The first kappa shape index (κ1) is 33.3. The van der Waals surface area contributed by atoms with Gasteiger partial charge in [0.1, 0.15) is 5.82 Å². The Morgan fingerprint density at radius 2 is 1.75 bits per heavy atom. The number of rotatable bonds is 8. The van der Waals surface area contributed by atoms with Crippen molar-refractivity contribution in [1.82, 2.24) is 20.2 Å². The van der Waals surface area contributed by atoms with Crippen molar-refractivity contribution in [2.24, 2.45) is 0 Å². The molecule has 0 aliphatic carbocycles. The molecule has 7 nitrogen and oxygen atoms in total. The number of hydrogen-bond donors (Lipinski definition) is 2. The number of carbonyl (C=O) groups excluding carboxylic acids is 2. The van der Waals surface area contributed by atoms with Crippen molar-refractivity contribution in [3.8, 4) is 11.3 Å². The van der Waals surface area contributed by atoms with E-state index in [-0.39, 0.29) is 11.9 Å². The third kappa shape index (κ3) is 10.9. The first-order chi connectivity index (χ1) is 17.4. The van der Waals surface area contributed by atoms with Gasteiger partial charge in [0.15, 0.2) is 0 Å². The van der Waals surface area contributed by atoms with Crippen molar-refractivity contribution >= 4 is 39.1 Å². The molecule has 3 aromatic rings. The van der Waals surface area contributed by atoms with Crippen LogP contribution in [-0.2, 0) is 14.3 Å². The van der Waals surface area contributed by atoms with E-state index in [1.807, 2.05) is 37.9 Å². The molecule has 0 aliphatic heterocycles. The van der Waals surface area contributed by atoms with E-state index < -0.39 is 0 Å². The fourth-order valence-electron chi connectivity index (χ4n) is 3.26. The molecule has 1 aromatic heterocycles. The number of nitrogens with zero attached hydrogens (tertiary/aromatic N) is 2. The maximum Gasteiger partial charge on any atom is 0.292 e. The number of aromatic amines is 1. The average molecular weight is 564 g/mol. The van der Waals surface area contributed by atoms with Gasteiger partial charge in [0.2, 0.25) is 5.91 Å². The van der Waals surface area contributed by atoms with E-state index in [1.54, 1.807) is 7.05 Å². The standard InChI is InChI=1S/C21H25BrN4O.C3H8.C2H4O2.C2H6/c1-4-9-26(20(27)13-23-3)14(2)21-24-12-19(25-21)17-6-5-16-11-18(22)8-7-15(16)10-17;1-3-2;1-4-2-3;1-2/h5-8,10-12,14,23H,4,9,13H2,1-3H3,(H,24,25);3H2,1-2H3;2H,1H3;1-2H3. The average Bonchev–Trinajstić information content (AvgIpc) is 3.39. The molecule has 0 radical (unpaired) electrons. The van der Waals surface area contributed by atoms with Gasteiger partial charge in [-0.3, -0.25) is 9.59 Å². The maximum atomic E-state index is 12.4. The Hall–Kier alpha value is -2.71. The Morgan fingerprint density at radius 1 is 1.17 bits per heavy atom. The summed E-state index contributed by atoms with van der Waals surface area (Å²) in [6.07, 6.45) is 4.01.